The van der Waals surface area contributed by atoms with E-state index in [1.165, 1.54) is 12.1 Å². The summed E-state index contributed by atoms with van der Waals surface area (Å²) in [6.07, 6.45) is 1.56. The molecule has 4 rings (SSSR count). The van der Waals surface area contributed by atoms with Crippen LogP contribution in [-0.4, -0.2) is 16.7 Å². The first kappa shape index (κ1) is 20.5. The molecular weight excluding hydrogens is 414 g/mol. The number of amidine groups is 1. The van der Waals surface area contributed by atoms with Crippen LogP contribution in [0.25, 0.3) is 6.08 Å². The van der Waals surface area contributed by atoms with Gasteiger partial charge >= 0.3 is 0 Å². The van der Waals surface area contributed by atoms with Crippen molar-refractivity contribution in [3.05, 3.63) is 110 Å². The molecule has 0 aliphatic carbocycles. The summed E-state index contributed by atoms with van der Waals surface area (Å²) in [5.74, 6) is 0.143. The lowest BCUT2D eigenvalue weighted by Gasteiger charge is -2.21. The van der Waals surface area contributed by atoms with Crippen LogP contribution in [0.2, 0.25) is 5.02 Å². The number of nitro groups is 1. The van der Waals surface area contributed by atoms with Crippen molar-refractivity contribution < 1.29 is 9.72 Å². The van der Waals surface area contributed by atoms with Gasteiger partial charge in [-0.15, -0.1) is 0 Å². The minimum absolute atomic E-state index is 0.0509. The number of aryl methyl sites for hydroxylation is 2. The average Bonchev–Trinajstić information content (AvgIpc) is 3.04. The average molecular weight is 432 g/mol. The number of hydrogen-bond acceptors (Lipinski definition) is 4. The summed E-state index contributed by atoms with van der Waals surface area (Å²) >= 11 is 6.18. The fraction of sp³-hybridized carbons (Fsp3) is 0.0833. The molecule has 0 radical (unpaired) electrons. The van der Waals surface area contributed by atoms with E-state index in [2.05, 4.69) is 4.99 Å². The topological polar surface area (TPSA) is 75.8 Å². The van der Waals surface area contributed by atoms with Crippen molar-refractivity contribution in [3.63, 3.8) is 0 Å². The second-order valence-electron chi connectivity index (χ2n) is 7.26. The molecule has 0 unspecified atom stereocenters. The SMILES string of the molecule is Cc1ccc(N2C(=O)C(=Cc3cccc([N+](=O)[O-])c3)N=C2c2cccc(Cl)c2)c(C)c1. The second kappa shape index (κ2) is 8.16. The van der Waals surface area contributed by atoms with Gasteiger partial charge in [0.15, 0.2) is 0 Å². The van der Waals surface area contributed by atoms with Crippen LogP contribution in [0.4, 0.5) is 11.4 Å². The van der Waals surface area contributed by atoms with Crippen LogP contribution >= 0.6 is 11.6 Å². The highest BCUT2D eigenvalue weighted by Gasteiger charge is 2.33. The maximum absolute atomic E-state index is 13.4. The van der Waals surface area contributed by atoms with Crippen molar-refractivity contribution in [2.45, 2.75) is 13.8 Å². The zero-order valence-electron chi connectivity index (χ0n) is 16.9. The number of anilines is 1. The third-order valence-electron chi connectivity index (χ3n) is 4.92. The second-order valence-corrected chi connectivity index (χ2v) is 7.69. The van der Waals surface area contributed by atoms with E-state index in [4.69, 9.17) is 11.6 Å². The van der Waals surface area contributed by atoms with Gasteiger partial charge in [0.1, 0.15) is 11.5 Å². The van der Waals surface area contributed by atoms with Gasteiger partial charge in [0.05, 0.1) is 10.6 Å². The van der Waals surface area contributed by atoms with E-state index in [1.807, 2.05) is 38.1 Å². The number of amides is 1. The van der Waals surface area contributed by atoms with Crippen LogP contribution in [0.5, 0.6) is 0 Å². The van der Waals surface area contributed by atoms with Gasteiger partial charge < -0.3 is 0 Å². The molecule has 1 amide bonds. The van der Waals surface area contributed by atoms with Gasteiger partial charge in [-0.2, -0.15) is 0 Å². The molecule has 0 saturated carbocycles. The summed E-state index contributed by atoms with van der Waals surface area (Å²) < 4.78 is 0. The number of carbonyl (C=O) groups excluding carboxylic acids is 1. The number of carbonyl (C=O) groups is 1. The normalized spacial score (nSPS) is 14.8. The van der Waals surface area contributed by atoms with Crippen LogP contribution in [-0.2, 0) is 4.79 Å². The summed E-state index contributed by atoms with van der Waals surface area (Å²) in [5.41, 5.74) is 4.09. The molecule has 0 N–H and O–H groups in total. The monoisotopic (exact) mass is 431 g/mol. The quantitative estimate of drug-likeness (QED) is 0.302. The highest BCUT2D eigenvalue weighted by Crippen LogP contribution is 2.31. The predicted octanol–water partition coefficient (Wildman–Crippen LogP) is 5.70. The van der Waals surface area contributed by atoms with Crippen molar-refractivity contribution in [1.29, 1.82) is 0 Å². The molecular formula is C24H18ClN3O3. The third kappa shape index (κ3) is 4.11. The zero-order chi connectivity index (χ0) is 22.1. The Kier molecular flexibility index (Phi) is 5.40. The lowest BCUT2D eigenvalue weighted by atomic mass is 10.1. The molecule has 6 nitrogen and oxygen atoms in total. The lowest BCUT2D eigenvalue weighted by molar-refractivity contribution is -0.384. The molecule has 31 heavy (non-hydrogen) atoms. The molecule has 0 atom stereocenters. The molecule has 3 aromatic rings. The third-order valence-corrected chi connectivity index (χ3v) is 5.16. The number of aliphatic imine (C=N–C) groups is 1. The fourth-order valence-corrected chi connectivity index (χ4v) is 3.69. The molecule has 0 aromatic heterocycles. The van der Waals surface area contributed by atoms with E-state index in [-0.39, 0.29) is 17.3 Å². The Morgan fingerprint density at radius 2 is 1.81 bits per heavy atom. The first-order valence-electron chi connectivity index (χ1n) is 9.56. The number of nitro benzene ring substituents is 1. The van der Waals surface area contributed by atoms with Gasteiger partial charge in [-0.1, -0.05) is 53.6 Å². The van der Waals surface area contributed by atoms with E-state index in [1.54, 1.807) is 41.3 Å². The minimum Gasteiger partial charge on any atom is -0.266 e. The molecule has 1 heterocycles. The van der Waals surface area contributed by atoms with Crippen molar-refractivity contribution in [1.82, 2.24) is 0 Å². The van der Waals surface area contributed by atoms with Crippen molar-refractivity contribution in [3.8, 4) is 0 Å². The lowest BCUT2D eigenvalue weighted by Crippen LogP contribution is -2.33. The van der Waals surface area contributed by atoms with Gasteiger partial charge in [-0.25, -0.2) is 4.99 Å². The van der Waals surface area contributed by atoms with Crippen LogP contribution in [0.3, 0.4) is 0 Å². The van der Waals surface area contributed by atoms with Crippen molar-refractivity contribution in [2.75, 3.05) is 4.90 Å². The molecule has 1 aliphatic rings. The molecule has 7 heteroatoms. The van der Waals surface area contributed by atoms with Gasteiger partial charge in [0, 0.05) is 22.7 Å². The molecule has 154 valence electrons. The van der Waals surface area contributed by atoms with Crippen LogP contribution in [0.15, 0.2) is 77.4 Å². The van der Waals surface area contributed by atoms with Gasteiger partial charge in [0.2, 0.25) is 0 Å². The summed E-state index contributed by atoms with van der Waals surface area (Å²) in [7, 11) is 0. The number of rotatable bonds is 4. The Bertz CT molecular complexity index is 1280. The Labute approximate surface area is 184 Å². The fourth-order valence-electron chi connectivity index (χ4n) is 3.50. The summed E-state index contributed by atoms with van der Waals surface area (Å²) in [6, 6.07) is 19.1. The Balaban J connectivity index is 1.86. The Morgan fingerprint density at radius 3 is 2.52 bits per heavy atom. The predicted molar refractivity (Wildman–Crippen MR) is 122 cm³/mol. The molecule has 0 fully saturated rings. The molecule has 3 aromatic carbocycles. The smallest absolute Gasteiger partial charge is 0.266 e. The standard InChI is InChI=1S/C24H18ClN3O3/c1-15-9-10-22(16(2)11-15)27-23(18-6-4-7-19(25)14-18)26-21(24(27)29)13-17-5-3-8-20(12-17)28(30)31/h3-14H,1-2H3. The van der Waals surface area contributed by atoms with Crippen LogP contribution in [0, 0.1) is 24.0 Å². The highest BCUT2D eigenvalue weighted by molar-refractivity contribution is 6.35. The molecule has 0 saturated heterocycles. The first-order valence-corrected chi connectivity index (χ1v) is 9.94. The van der Waals surface area contributed by atoms with Gasteiger partial charge in [-0.3, -0.25) is 19.8 Å². The Morgan fingerprint density at radius 1 is 1.03 bits per heavy atom. The summed E-state index contributed by atoms with van der Waals surface area (Å²) in [5, 5.41) is 11.6. The van der Waals surface area contributed by atoms with Crippen LogP contribution in [0.1, 0.15) is 22.3 Å². The summed E-state index contributed by atoms with van der Waals surface area (Å²) in [6.45, 7) is 3.93. The zero-order valence-corrected chi connectivity index (χ0v) is 17.6. The number of halogens is 1. The van der Waals surface area contributed by atoms with Gasteiger partial charge in [0.25, 0.3) is 11.6 Å². The highest BCUT2D eigenvalue weighted by atomic mass is 35.5. The Hall–Kier alpha value is -3.77. The van der Waals surface area contributed by atoms with E-state index in [0.717, 1.165) is 16.8 Å². The van der Waals surface area contributed by atoms with E-state index in [9.17, 15) is 14.9 Å². The van der Waals surface area contributed by atoms with E-state index < -0.39 is 4.92 Å². The summed E-state index contributed by atoms with van der Waals surface area (Å²) in [4.78, 5) is 30.2. The first-order chi connectivity index (χ1) is 14.8. The maximum atomic E-state index is 13.4. The van der Waals surface area contributed by atoms with E-state index in [0.29, 0.717) is 22.0 Å². The van der Waals surface area contributed by atoms with E-state index >= 15 is 0 Å². The molecule has 0 bridgehead atoms. The number of benzene rings is 3. The minimum atomic E-state index is -0.471. The molecule has 0 spiro atoms. The number of non-ortho nitro benzene ring substituents is 1. The molecule has 1 aliphatic heterocycles. The van der Waals surface area contributed by atoms with Crippen molar-refractivity contribution in [2.24, 2.45) is 4.99 Å². The van der Waals surface area contributed by atoms with Crippen LogP contribution < -0.4 is 4.90 Å². The number of nitrogens with zero attached hydrogens (tertiary/aromatic N) is 3. The number of hydrogen-bond donors (Lipinski definition) is 0. The maximum Gasteiger partial charge on any atom is 0.282 e. The van der Waals surface area contributed by atoms with Gasteiger partial charge in [-0.05, 0) is 49.2 Å². The largest absolute Gasteiger partial charge is 0.282 e. The van der Waals surface area contributed by atoms with Crippen molar-refractivity contribution >= 4 is 40.8 Å².